The zero-order valence-corrected chi connectivity index (χ0v) is 13.0. The largest absolute Gasteiger partial charge is 0.348 e. The second-order valence-electron chi connectivity index (χ2n) is 5.79. The fourth-order valence-electron chi connectivity index (χ4n) is 3.54. The molecule has 1 amide bonds. The molecule has 0 fully saturated rings. The van der Waals surface area contributed by atoms with Crippen LogP contribution in [0.1, 0.15) is 51.9 Å². The van der Waals surface area contributed by atoms with Crippen LogP contribution in [0.2, 0.25) is 0 Å². The van der Waals surface area contributed by atoms with E-state index in [4.69, 9.17) is 0 Å². The van der Waals surface area contributed by atoms with E-state index < -0.39 is 0 Å². The molecule has 1 atom stereocenters. The predicted molar refractivity (Wildman–Crippen MR) is 82.6 cm³/mol. The normalized spacial score (nSPS) is 20.4. The van der Waals surface area contributed by atoms with E-state index in [1.807, 2.05) is 4.90 Å². The first kappa shape index (κ1) is 13.1. The van der Waals surface area contributed by atoms with Gasteiger partial charge in [0.15, 0.2) is 5.01 Å². The van der Waals surface area contributed by atoms with Crippen molar-refractivity contribution in [3.05, 3.63) is 39.6 Å². The third-order valence-corrected chi connectivity index (χ3v) is 5.74. The Morgan fingerprint density at radius 3 is 3.14 bits per heavy atom. The minimum Gasteiger partial charge on any atom is -0.348 e. The van der Waals surface area contributed by atoms with Crippen LogP contribution in [-0.2, 0) is 19.4 Å². The summed E-state index contributed by atoms with van der Waals surface area (Å²) in [6.45, 7) is 3.81. The summed E-state index contributed by atoms with van der Waals surface area (Å²) in [4.78, 5) is 20.8. The van der Waals surface area contributed by atoms with Crippen LogP contribution in [0.5, 0.6) is 0 Å². The Morgan fingerprint density at radius 1 is 1.43 bits per heavy atom. The standard InChI is InChI=1S/C16H19N3OS/c1-2-12-13-6-4-8-18(13)9-10-19(12)16(20)15-17-11-5-3-7-14(11)21-15/h4,6,8,12H,2-3,5,7,9-10H2,1H3. The minimum absolute atomic E-state index is 0.119. The highest BCUT2D eigenvalue weighted by Gasteiger charge is 2.32. The number of carbonyl (C=O) groups is 1. The summed E-state index contributed by atoms with van der Waals surface area (Å²) < 4.78 is 2.26. The van der Waals surface area contributed by atoms with Gasteiger partial charge >= 0.3 is 0 Å². The molecule has 4 rings (SSSR count). The number of hydrogen-bond donors (Lipinski definition) is 0. The van der Waals surface area contributed by atoms with Crippen LogP contribution in [0.25, 0.3) is 0 Å². The number of thiazole rings is 1. The van der Waals surface area contributed by atoms with E-state index in [-0.39, 0.29) is 11.9 Å². The first-order chi connectivity index (χ1) is 10.3. The maximum absolute atomic E-state index is 12.9. The van der Waals surface area contributed by atoms with Gasteiger partial charge in [0, 0.05) is 29.9 Å². The van der Waals surface area contributed by atoms with Crippen LogP contribution in [0, 0.1) is 0 Å². The zero-order chi connectivity index (χ0) is 14.4. The van der Waals surface area contributed by atoms with Gasteiger partial charge in [-0.2, -0.15) is 0 Å². The van der Waals surface area contributed by atoms with E-state index in [0.29, 0.717) is 5.01 Å². The lowest BCUT2D eigenvalue weighted by Crippen LogP contribution is -2.41. The lowest BCUT2D eigenvalue weighted by atomic mass is 10.1. The molecule has 0 saturated heterocycles. The molecule has 1 unspecified atom stereocenters. The van der Waals surface area contributed by atoms with Crippen molar-refractivity contribution in [2.24, 2.45) is 0 Å². The van der Waals surface area contributed by atoms with Crippen molar-refractivity contribution < 1.29 is 4.79 Å². The summed E-state index contributed by atoms with van der Waals surface area (Å²) in [5.41, 5.74) is 2.41. The predicted octanol–water partition coefficient (Wildman–Crippen LogP) is 3.04. The molecule has 4 nitrogen and oxygen atoms in total. The second-order valence-corrected chi connectivity index (χ2v) is 6.88. The molecule has 3 heterocycles. The molecule has 0 saturated carbocycles. The van der Waals surface area contributed by atoms with Gasteiger partial charge in [0.05, 0.1) is 11.7 Å². The van der Waals surface area contributed by atoms with E-state index in [1.54, 1.807) is 11.3 Å². The van der Waals surface area contributed by atoms with Gasteiger partial charge in [0.2, 0.25) is 0 Å². The quantitative estimate of drug-likeness (QED) is 0.855. The van der Waals surface area contributed by atoms with E-state index in [2.05, 4.69) is 34.8 Å². The first-order valence-electron chi connectivity index (χ1n) is 7.72. The van der Waals surface area contributed by atoms with E-state index in [9.17, 15) is 4.79 Å². The van der Waals surface area contributed by atoms with Gasteiger partial charge in [-0.05, 0) is 37.8 Å². The average molecular weight is 301 g/mol. The molecular formula is C16H19N3OS. The van der Waals surface area contributed by atoms with Gasteiger partial charge in [-0.15, -0.1) is 11.3 Å². The number of amides is 1. The van der Waals surface area contributed by atoms with Crippen molar-refractivity contribution in [2.45, 2.75) is 45.2 Å². The molecule has 2 aromatic rings. The third kappa shape index (κ3) is 2.02. The maximum atomic E-state index is 12.9. The molecule has 5 heteroatoms. The number of aryl methyl sites for hydroxylation is 2. The maximum Gasteiger partial charge on any atom is 0.283 e. The molecule has 110 valence electrons. The van der Waals surface area contributed by atoms with Gasteiger partial charge < -0.3 is 9.47 Å². The molecule has 21 heavy (non-hydrogen) atoms. The summed E-state index contributed by atoms with van der Waals surface area (Å²) in [5, 5.41) is 0.693. The van der Waals surface area contributed by atoms with E-state index >= 15 is 0 Å². The highest BCUT2D eigenvalue weighted by Crippen LogP contribution is 2.33. The van der Waals surface area contributed by atoms with Gasteiger partial charge in [-0.3, -0.25) is 4.79 Å². The van der Waals surface area contributed by atoms with Crippen molar-refractivity contribution in [1.82, 2.24) is 14.5 Å². The fraction of sp³-hybridized carbons (Fsp3) is 0.500. The topological polar surface area (TPSA) is 38.1 Å². The Bertz CT molecular complexity index is 666. The number of hydrogen-bond acceptors (Lipinski definition) is 3. The molecule has 2 aliphatic rings. The first-order valence-corrected chi connectivity index (χ1v) is 8.54. The highest BCUT2D eigenvalue weighted by molar-refractivity contribution is 7.13. The summed E-state index contributed by atoms with van der Waals surface area (Å²) in [6, 6.07) is 4.39. The SMILES string of the molecule is CCC1c2cccn2CCN1C(=O)c1nc2c(s1)CCC2. The number of fused-ring (bicyclic) bond motifs is 2. The Balaban J connectivity index is 1.64. The Hall–Kier alpha value is -1.62. The second kappa shape index (κ2) is 4.98. The Kier molecular flexibility index (Phi) is 3.10. The summed E-state index contributed by atoms with van der Waals surface area (Å²) in [7, 11) is 0. The van der Waals surface area contributed by atoms with Crippen molar-refractivity contribution in [2.75, 3.05) is 6.54 Å². The van der Waals surface area contributed by atoms with Crippen molar-refractivity contribution in [1.29, 1.82) is 0 Å². The molecule has 1 aliphatic carbocycles. The van der Waals surface area contributed by atoms with Gasteiger partial charge in [0.1, 0.15) is 0 Å². The molecule has 2 aromatic heterocycles. The van der Waals surface area contributed by atoms with Crippen molar-refractivity contribution in [3.8, 4) is 0 Å². The molecule has 1 aliphatic heterocycles. The van der Waals surface area contributed by atoms with E-state index in [0.717, 1.165) is 38.0 Å². The number of aromatic nitrogens is 2. The molecule has 0 N–H and O–H groups in total. The van der Waals surface area contributed by atoms with E-state index in [1.165, 1.54) is 17.0 Å². The van der Waals surface area contributed by atoms with Gasteiger partial charge in [0.25, 0.3) is 5.91 Å². The van der Waals surface area contributed by atoms with Crippen LogP contribution in [0.15, 0.2) is 18.3 Å². The van der Waals surface area contributed by atoms with Crippen LogP contribution in [0.3, 0.4) is 0 Å². The van der Waals surface area contributed by atoms with Gasteiger partial charge in [-0.1, -0.05) is 6.92 Å². The monoisotopic (exact) mass is 301 g/mol. The minimum atomic E-state index is 0.119. The molecule has 0 bridgehead atoms. The number of nitrogens with zero attached hydrogens (tertiary/aromatic N) is 3. The summed E-state index contributed by atoms with van der Waals surface area (Å²) >= 11 is 1.61. The summed E-state index contributed by atoms with van der Waals surface area (Å²) in [5.74, 6) is 0.119. The summed E-state index contributed by atoms with van der Waals surface area (Å²) in [6.07, 6.45) is 6.38. The molecular weight excluding hydrogens is 282 g/mol. The zero-order valence-electron chi connectivity index (χ0n) is 12.2. The third-order valence-electron chi connectivity index (χ3n) is 4.59. The van der Waals surface area contributed by atoms with Crippen molar-refractivity contribution in [3.63, 3.8) is 0 Å². The van der Waals surface area contributed by atoms with Crippen LogP contribution < -0.4 is 0 Å². The molecule has 0 radical (unpaired) electrons. The molecule has 0 aromatic carbocycles. The fourth-order valence-corrected chi connectivity index (χ4v) is 4.65. The van der Waals surface area contributed by atoms with Crippen molar-refractivity contribution >= 4 is 17.2 Å². The highest BCUT2D eigenvalue weighted by atomic mass is 32.1. The lowest BCUT2D eigenvalue weighted by Gasteiger charge is -2.36. The average Bonchev–Trinajstić information content (AvgIpc) is 3.19. The lowest BCUT2D eigenvalue weighted by molar-refractivity contribution is 0.0617. The van der Waals surface area contributed by atoms with Crippen LogP contribution >= 0.6 is 11.3 Å². The Morgan fingerprint density at radius 2 is 2.33 bits per heavy atom. The number of rotatable bonds is 2. The Labute approximate surface area is 128 Å². The molecule has 0 spiro atoms. The smallest absolute Gasteiger partial charge is 0.283 e. The number of carbonyl (C=O) groups excluding carboxylic acids is 1. The van der Waals surface area contributed by atoms with Crippen LogP contribution in [0.4, 0.5) is 0 Å². The van der Waals surface area contributed by atoms with Crippen LogP contribution in [-0.4, -0.2) is 26.9 Å². The van der Waals surface area contributed by atoms with Gasteiger partial charge in [-0.25, -0.2) is 4.98 Å².